The van der Waals surface area contributed by atoms with Gasteiger partial charge in [0.2, 0.25) is 0 Å². The Morgan fingerprint density at radius 1 is 1.00 bits per heavy atom. The molecule has 2 unspecified atom stereocenters. The van der Waals surface area contributed by atoms with E-state index in [1.807, 2.05) is 27.7 Å². The number of nitrogens with one attached hydrogen (secondary N) is 1. The van der Waals surface area contributed by atoms with Gasteiger partial charge in [0.1, 0.15) is 0 Å². The van der Waals surface area contributed by atoms with Crippen LogP contribution in [-0.4, -0.2) is 25.3 Å². The molecule has 1 aliphatic rings. The Morgan fingerprint density at radius 3 is 1.50 bits per heavy atom. The molecule has 1 heterocycles. The normalized spacial score (nSPS) is 27.5. The topological polar surface area (TPSA) is 21.3 Å². The van der Waals surface area contributed by atoms with Gasteiger partial charge in [-0.25, -0.2) is 0 Å². The number of hydrogen-bond donors (Lipinski definition) is 1. The lowest BCUT2D eigenvalue weighted by Gasteiger charge is -2.25. The molecule has 0 aliphatic carbocycles. The first kappa shape index (κ1) is 14.4. The summed E-state index contributed by atoms with van der Waals surface area (Å²) in [5, 5.41) is 3.26. The van der Waals surface area contributed by atoms with Gasteiger partial charge < -0.3 is 10.1 Å². The minimum absolute atomic E-state index is 0. The summed E-state index contributed by atoms with van der Waals surface area (Å²) in [5.74, 6) is 0. The summed E-state index contributed by atoms with van der Waals surface area (Å²) >= 11 is 0. The summed E-state index contributed by atoms with van der Waals surface area (Å²) in [6.07, 6.45) is 0.803. The third kappa shape index (κ3) is 8.02. The van der Waals surface area contributed by atoms with Gasteiger partial charge in [0, 0.05) is 14.5 Å². The van der Waals surface area contributed by atoms with Gasteiger partial charge in [-0.15, -0.1) is 0 Å². The van der Waals surface area contributed by atoms with Crippen molar-refractivity contribution in [2.45, 2.75) is 53.8 Å². The highest BCUT2D eigenvalue weighted by Crippen LogP contribution is 2.00. The SMILES string of the molecule is CC.CC.CC1CNCC(C)O1.[HH]. The van der Waals surface area contributed by atoms with E-state index >= 15 is 0 Å². The summed E-state index contributed by atoms with van der Waals surface area (Å²) < 4.78 is 5.42. The van der Waals surface area contributed by atoms with Gasteiger partial charge in [-0.3, -0.25) is 0 Å². The third-order valence-electron chi connectivity index (χ3n) is 1.33. The van der Waals surface area contributed by atoms with Crippen LogP contribution in [0.15, 0.2) is 0 Å². The summed E-state index contributed by atoms with van der Waals surface area (Å²) in [7, 11) is 0. The minimum Gasteiger partial charge on any atom is -0.373 e. The Bertz CT molecular complexity index is 73.3. The van der Waals surface area contributed by atoms with Crippen molar-refractivity contribution in [3.05, 3.63) is 0 Å². The second kappa shape index (κ2) is 10.9. The molecule has 12 heavy (non-hydrogen) atoms. The van der Waals surface area contributed by atoms with Crippen LogP contribution in [0.5, 0.6) is 0 Å². The maximum absolute atomic E-state index is 5.42. The monoisotopic (exact) mass is 177 g/mol. The zero-order valence-corrected chi connectivity index (χ0v) is 9.48. The van der Waals surface area contributed by atoms with Gasteiger partial charge in [-0.1, -0.05) is 27.7 Å². The first-order chi connectivity index (χ1) is 5.79. The van der Waals surface area contributed by atoms with Crippen molar-refractivity contribution in [3.8, 4) is 0 Å². The summed E-state index contributed by atoms with van der Waals surface area (Å²) in [6.45, 7) is 14.2. The largest absolute Gasteiger partial charge is 0.373 e. The standard InChI is InChI=1S/C6H13NO.2C2H6.H2/c1-5-3-7-4-6(2)8-5;2*1-2;/h5-7H,3-4H2,1-2H3;2*1-2H3;1H. The molecule has 0 aromatic carbocycles. The molecular formula is C10H27NO. The first-order valence-corrected chi connectivity index (χ1v) is 5.15. The van der Waals surface area contributed by atoms with E-state index in [1.54, 1.807) is 0 Å². The molecule has 2 nitrogen and oxygen atoms in total. The maximum atomic E-state index is 5.42. The molecule has 1 aliphatic heterocycles. The first-order valence-electron chi connectivity index (χ1n) is 5.15. The molecule has 1 rings (SSSR count). The fraction of sp³-hybridized carbons (Fsp3) is 1.00. The highest BCUT2D eigenvalue weighted by Gasteiger charge is 2.12. The van der Waals surface area contributed by atoms with Gasteiger partial charge in [0.25, 0.3) is 0 Å². The summed E-state index contributed by atoms with van der Waals surface area (Å²) in [4.78, 5) is 0. The van der Waals surface area contributed by atoms with Crippen LogP contribution >= 0.6 is 0 Å². The molecule has 0 bridgehead atoms. The Balaban J connectivity index is -0.000000178. The lowest BCUT2D eigenvalue weighted by atomic mass is 10.3. The minimum atomic E-state index is 0. The molecule has 0 aromatic rings. The van der Waals surface area contributed by atoms with Gasteiger partial charge >= 0.3 is 0 Å². The quantitative estimate of drug-likeness (QED) is 0.614. The van der Waals surface area contributed by atoms with Crippen LogP contribution in [0.3, 0.4) is 0 Å². The lowest BCUT2D eigenvalue weighted by Crippen LogP contribution is -2.41. The third-order valence-corrected chi connectivity index (χ3v) is 1.33. The van der Waals surface area contributed by atoms with Crippen molar-refractivity contribution in [2.24, 2.45) is 0 Å². The molecule has 2 heteroatoms. The van der Waals surface area contributed by atoms with Crippen molar-refractivity contribution in [1.29, 1.82) is 0 Å². The molecule has 0 spiro atoms. The fourth-order valence-electron chi connectivity index (χ4n) is 0.983. The van der Waals surface area contributed by atoms with E-state index in [0.29, 0.717) is 12.2 Å². The Morgan fingerprint density at radius 2 is 1.33 bits per heavy atom. The summed E-state index contributed by atoms with van der Waals surface area (Å²) in [6, 6.07) is 0. The van der Waals surface area contributed by atoms with E-state index in [2.05, 4.69) is 19.2 Å². The molecule has 1 saturated heterocycles. The second-order valence-electron chi connectivity index (χ2n) is 2.42. The molecular weight excluding hydrogens is 150 g/mol. The highest BCUT2D eigenvalue weighted by molar-refractivity contribution is 4.66. The number of hydrogen-bond acceptors (Lipinski definition) is 2. The second-order valence-corrected chi connectivity index (χ2v) is 2.42. The molecule has 2 atom stereocenters. The number of ether oxygens (including phenoxy) is 1. The Labute approximate surface area is 79.2 Å². The van der Waals surface area contributed by atoms with Crippen molar-refractivity contribution in [2.75, 3.05) is 13.1 Å². The van der Waals surface area contributed by atoms with Crippen LogP contribution in [0.4, 0.5) is 0 Å². The van der Waals surface area contributed by atoms with Crippen molar-refractivity contribution in [1.82, 2.24) is 5.32 Å². The fourth-order valence-corrected chi connectivity index (χ4v) is 0.983. The smallest absolute Gasteiger partial charge is 0.0675 e. The van der Waals surface area contributed by atoms with E-state index in [-0.39, 0.29) is 1.43 Å². The zero-order chi connectivity index (χ0) is 9.98. The maximum Gasteiger partial charge on any atom is 0.0675 e. The average Bonchev–Trinajstić information content (AvgIpc) is 2.11. The molecule has 1 N–H and O–H groups in total. The van der Waals surface area contributed by atoms with E-state index in [4.69, 9.17) is 4.74 Å². The summed E-state index contributed by atoms with van der Waals surface area (Å²) in [5.41, 5.74) is 0. The van der Waals surface area contributed by atoms with Gasteiger partial charge in [-0.05, 0) is 13.8 Å². The molecule has 78 valence electrons. The van der Waals surface area contributed by atoms with Crippen molar-refractivity contribution in [3.63, 3.8) is 0 Å². The number of morpholine rings is 1. The number of rotatable bonds is 0. The van der Waals surface area contributed by atoms with E-state index < -0.39 is 0 Å². The van der Waals surface area contributed by atoms with Crippen LogP contribution in [0.1, 0.15) is 43.0 Å². The predicted molar refractivity (Wildman–Crippen MR) is 57.7 cm³/mol. The average molecular weight is 177 g/mol. The van der Waals surface area contributed by atoms with Crippen LogP contribution in [0.25, 0.3) is 0 Å². The van der Waals surface area contributed by atoms with Crippen LogP contribution < -0.4 is 5.32 Å². The van der Waals surface area contributed by atoms with E-state index in [0.717, 1.165) is 13.1 Å². The van der Waals surface area contributed by atoms with Crippen LogP contribution in [0.2, 0.25) is 0 Å². The van der Waals surface area contributed by atoms with Gasteiger partial charge in [0.15, 0.2) is 0 Å². The van der Waals surface area contributed by atoms with E-state index in [1.165, 1.54) is 0 Å². The zero-order valence-electron chi connectivity index (χ0n) is 9.48. The highest BCUT2D eigenvalue weighted by atomic mass is 16.5. The molecule has 0 amide bonds. The predicted octanol–water partition coefficient (Wildman–Crippen LogP) is 2.68. The Kier molecular flexibility index (Phi) is 13.1. The van der Waals surface area contributed by atoms with Crippen molar-refractivity contribution >= 4 is 0 Å². The Hall–Kier alpha value is -0.0800. The van der Waals surface area contributed by atoms with Gasteiger partial charge in [0.05, 0.1) is 12.2 Å². The molecule has 1 fully saturated rings. The molecule has 0 aromatic heterocycles. The molecule has 0 saturated carbocycles. The van der Waals surface area contributed by atoms with Crippen LogP contribution in [-0.2, 0) is 4.74 Å². The van der Waals surface area contributed by atoms with Gasteiger partial charge in [-0.2, -0.15) is 0 Å². The van der Waals surface area contributed by atoms with Crippen molar-refractivity contribution < 1.29 is 6.16 Å². The van der Waals surface area contributed by atoms with Crippen LogP contribution in [0, 0.1) is 0 Å². The lowest BCUT2D eigenvalue weighted by molar-refractivity contribution is -0.0166. The van der Waals surface area contributed by atoms with E-state index in [9.17, 15) is 0 Å². The molecule has 0 radical (unpaired) electrons.